The second-order valence-corrected chi connectivity index (χ2v) is 6.23. The molecule has 7 heteroatoms. The van der Waals surface area contributed by atoms with Gasteiger partial charge in [-0.2, -0.15) is 0 Å². The van der Waals surface area contributed by atoms with Crippen LogP contribution in [0.4, 0.5) is 11.4 Å². The van der Waals surface area contributed by atoms with Crippen molar-refractivity contribution in [3.05, 3.63) is 40.1 Å². The molecule has 0 saturated carbocycles. The predicted octanol–water partition coefficient (Wildman–Crippen LogP) is 2.56. The number of nitrogens with zero attached hydrogens (tertiary/aromatic N) is 3. The van der Waals surface area contributed by atoms with Crippen molar-refractivity contribution in [2.45, 2.75) is 32.7 Å². The monoisotopic (exact) mass is 328 g/mol. The topological polar surface area (TPSA) is 88.4 Å². The van der Waals surface area contributed by atoms with Crippen molar-refractivity contribution >= 4 is 28.2 Å². The normalized spacial score (nSPS) is 17.8. The average molecular weight is 328 g/mol. The standard InChI is InChI=1S/C17H20N4O3/c1-11-8-17(20-7-3-4-13(10-20)19-12(2)22)15-9-14(21(23)24)5-6-16(15)18-11/h5-6,8-9,13H,3-4,7,10H2,1-2H3,(H,19,22). The third kappa shape index (κ3) is 3.29. The molecule has 3 rings (SSSR count). The molecule has 1 unspecified atom stereocenters. The number of anilines is 1. The van der Waals surface area contributed by atoms with Crippen LogP contribution >= 0.6 is 0 Å². The fourth-order valence-corrected chi connectivity index (χ4v) is 3.30. The quantitative estimate of drug-likeness (QED) is 0.691. The first-order valence-corrected chi connectivity index (χ1v) is 8.02. The molecule has 24 heavy (non-hydrogen) atoms. The zero-order chi connectivity index (χ0) is 17.3. The van der Waals surface area contributed by atoms with Crippen molar-refractivity contribution in [1.82, 2.24) is 10.3 Å². The molecule has 1 fully saturated rings. The van der Waals surface area contributed by atoms with Crippen LogP contribution in [-0.2, 0) is 4.79 Å². The molecule has 2 heterocycles. The highest BCUT2D eigenvalue weighted by Crippen LogP contribution is 2.31. The summed E-state index contributed by atoms with van der Waals surface area (Å²) in [6.07, 6.45) is 1.90. The number of carbonyl (C=O) groups excluding carboxylic acids is 1. The van der Waals surface area contributed by atoms with Crippen molar-refractivity contribution in [1.29, 1.82) is 0 Å². The molecular formula is C17H20N4O3. The molecule has 0 bridgehead atoms. The maximum atomic E-state index is 11.3. The van der Waals surface area contributed by atoms with Gasteiger partial charge in [0, 0.05) is 55.0 Å². The third-order valence-corrected chi connectivity index (χ3v) is 4.28. The lowest BCUT2D eigenvalue weighted by atomic mass is 10.0. The summed E-state index contributed by atoms with van der Waals surface area (Å²) in [7, 11) is 0. The minimum Gasteiger partial charge on any atom is -0.369 e. The van der Waals surface area contributed by atoms with Gasteiger partial charge >= 0.3 is 0 Å². The molecule has 7 nitrogen and oxygen atoms in total. The molecule has 1 saturated heterocycles. The Labute approximate surface area is 139 Å². The maximum absolute atomic E-state index is 11.3. The third-order valence-electron chi connectivity index (χ3n) is 4.28. The summed E-state index contributed by atoms with van der Waals surface area (Å²) in [5.74, 6) is -0.0340. The van der Waals surface area contributed by atoms with Gasteiger partial charge in [-0.25, -0.2) is 0 Å². The van der Waals surface area contributed by atoms with Crippen molar-refractivity contribution in [2.24, 2.45) is 0 Å². The van der Waals surface area contributed by atoms with Gasteiger partial charge in [-0.15, -0.1) is 0 Å². The number of nitro benzene ring substituents is 1. The van der Waals surface area contributed by atoms with E-state index in [1.807, 2.05) is 13.0 Å². The predicted molar refractivity (Wildman–Crippen MR) is 92.2 cm³/mol. The van der Waals surface area contributed by atoms with Crippen molar-refractivity contribution < 1.29 is 9.72 Å². The molecule has 0 aliphatic carbocycles. The molecule has 2 aromatic rings. The Morgan fingerprint density at radius 1 is 1.42 bits per heavy atom. The van der Waals surface area contributed by atoms with E-state index in [0.29, 0.717) is 6.54 Å². The lowest BCUT2D eigenvalue weighted by Gasteiger charge is -2.35. The summed E-state index contributed by atoms with van der Waals surface area (Å²) < 4.78 is 0. The number of rotatable bonds is 3. The number of aryl methyl sites for hydroxylation is 1. The number of aromatic nitrogens is 1. The highest BCUT2D eigenvalue weighted by atomic mass is 16.6. The van der Waals surface area contributed by atoms with Gasteiger partial charge < -0.3 is 10.2 Å². The number of nitrogens with one attached hydrogen (secondary N) is 1. The first kappa shape index (κ1) is 16.2. The van der Waals surface area contributed by atoms with Crippen LogP contribution in [0.1, 0.15) is 25.5 Å². The maximum Gasteiger partial charge on any atom is 0.270 e. The largest absolute Gasteiger partial charge is 0.369 e. The minimum absolute atomic E-state index is 0.0340. The molecule has 0 spiro atoms. The highest BCUT2D eigenvalue weighted by Gasteiger charge is 2.23. The number of hydrogen-bond acceptors (Lipinski definition) is 5. The Hall–Kier alpha value is -2.70. The Morgan fingerprint density at radius 3 is 2.92 bits per heavy atom. The molecule has 1 N–H and O–H groups in total. The van der Waals surface area contributed by atoms with E-state index >= 15 is 0 Å². The molecule has 1 aromatic heterocycles. The summed E-state index contributed by atoms with van der Waals surface area (Å²) in [6, 6.07) is 6.81. The van der Waals surface area contributed by atoms with E-state index in [2.05, 4.69) is 15.2 Å². The van der Waals surface area contributed by atoms with E-state index in [9.17, 15) is 14.9 Å². The number of pyridine rings is 1. The molecule has 1 aromatic carbocycles. The smallest absolute Gasteiger partial charge is 0.270 e. The van der Waals surface area contributed by atoms with Gasteiger partial charge in [-0.05, 0) is 31.9 Å². The summed E-state index contributed by atoms with van der Waals surface area (Å²) in [4.78, 5) is 28.7. The second kappa shape index (κ2) is 6.43. The lowest BCUT2D eigenvalue weighted by Crippen LogP contribution is -2.47. The lowest BCUT2D eigenvalue weighted by molar-refractivity contribution is -0.384. The molecule has 1 amide bonds. The van der Waals surface area contributed by atoms with Crippen molar-refractivity contribution in [3.63, 3.8) is 0 Å². The molecule has 1 aliphatic rings. The van der Waals surface area contributed by atoms with Gasteiger partial charge in [0.2, 0.25) is 5.91 Å². The van der Waals surface area contributed by atoms with E-state index < -0.39 is 0 Å². The molecule has 126 valence electrons. The zero-order valence-electron chi connectivity index (χ0n) is 13.8. The fourth-order valence-electron chi connectivity index (χ4n) is 3.30. The van der Waals surface area contributed by atoms with Crippen molar-refractivity contribution in [3.8, 4) is 0 Å². The molecule has 1 atom stereocenters. The Kier molecular flexibility index (Phi) is 4.33. The van der Waals surface area contributed by atoms with Crippen LogP contribution in [0.25, 0.3) is 10.9 Å². The van der Waals surface area contributed by atoms with Gasteiger partial charge in [0.15, 0.2) is 0 Å². The number of nitro groups is 1. The van der Waals surface area contributed by atoms with Crippen LogP contribution in [0.5, 0.6) is 0 Å². The van der Waals surface area contributed by atoms with E-state index in [-0.39, 0.29) is 22.6 Å². The molecule has 1 aliphatic heterocycles. The van der Waals surface area contributed by atoms with Crippen LogP contribution in [-0.4, -0.2) is 34.9 Å². The summed E-state index contributed by atoms with van der Waals surface area (Å²) in [5.41, 5.74) is 2.62. The van der Waals surface area contributed by atoms with Gasteiger partial charge in [0.25, 0.3) is 5.69 Å². The number of hydrogen-bond donors (Lipinski definition) is 1. The van der Waals surface area contributed by atoms with Crippen molar-refractivity contribution in [2.75, 3.05) is 18.0 Å². The number of amides is 1. The molecule has 0 radical (unpaired) electrons. The SMILES string of the molecule is CC(=O)NC1CCCN(c2cc(C)nc3ccc([N+](=O)[O-])cc23)C1. The van der Waals surface area contributed by atoms with Gasteiger partial charge in [-0.1, -0.05) is 0 Å². The first-order chi connectivity index (χ1) is 11.4. The van der Waals surface area contributed by atoms with E-state index in [1.54, 1.807) is 12.1 Å². The summed E-state index contributed by atoms with van der Waals surface area (Å²) in [5, 5.41) is 14.8. The van der Waals surface area contributed by atoms with E-state index in [1.165, 1.54) is 13.0 Å². The Balaban J connectivity index is 2.02. The van der Waals surface area contributed by atoms with E-state index in [4.69, 9.17) is 0 Å². The number of fused-ring (bicyclic) bond motifs is 1. The highest BCUT2D eigenvalue weighted by molar-refractivity contribution is 5.93. The Morgan fingerprint density at radius 2 is 2.21 bits per heavy atom. The number of non-ortho nitro benzene ring substituents is 1. The van der Waals surface area contributed by atoms with Gasteiger partial charge in [0.05, 0.1) is 10.4 Å². The summed E-state index contributed by atoms with van der Waals surface area (Å²) in [6.45, 7) is 4.99. The Bertz CT molecular complexity index is 806. The first-order valence-electron chi connectivity index (χ1n) is 8.02. The zero-order valence-corrected chi connectivity index (χ0v) is 13.8. The van der Waals surface area contributed by atoms with Crippen LogP contribution in [0.3, 0.4) is 0 Å². The van der Waals surface area contributed by atoms with Crippen LogP contribution in [0, 0.1) is 17.0 Å². The van der Waals surface area contributed by atoms with Crippen LogP contribution in [0.15, 0.2) is 24.3 Å². The van der Waals surface area contributed by atoms with E-state index in [0.717, 1.165) is 41.7 Å². The van der Waals surface area contributed by atoms with Gasteiger partial charge in [-0.3, -0.25) is 19.9 Å². The number of benzene rings is 1. The van der Waals surface area contributed by atoms with Crippen LogP contribution < -0.4 is 10.2 Å². The second-order valence-electron chi connectivity index (χ2n) is 6.23. The minimum atomic E-state index is -0.389. The van der Waals surface area contributed by atoms with Crippen LogP contribution in [0.2, 0.25) is 0 Å². The number of carbonyl (C=O) groups is 1. The molecular weight excluding hydrogens is 308 g/mol. The van der Waals surface area contributed by atoms with Gasteiger partial charge in [0.1, 0.15) is 0 Å². The number of piperidine rings is 1. The summed E-state index contributed by atoms with van der Waals surface area (Å²) >= 11 is 0. The fraction of sp³-hybridized carbons (Fsp3) is 0.412. The average Bonchev–Trinajstić information content (AvgIpc) is 2.53.